The van der Waals surface area contributed by atoms with Gasteiger partial charge in [0.15, 0.2) is 0 Å². The Morgan fingerprint density at radius 2 is 1.96 bits per heavy atom. The molecule has 0 atom stereocenters. The molecule has 0 aliphatic carbocycles. The van der Waals surface area contributed by atoms with Gasteiger partial charge >= 0.3 is 0 Å². The monoisotopic (exact) mass is 310 g/mol. The van der Waals surface area contributed by atoms with Crippen molar-refractivity contribution in [1.29, 1.82) is 0 Å². The minimum Gasteiger partial charge on any atom is -0.361 e. The van der Waals surface area contributed by atoms with E-state index in [1.165, 1.54) is 0 Å². The number of amides is 1. The van der Waals surface area contributed by atoms with Gasteiger partial charge in [-0.25, -0.2) is 4.98 Å². The van der Waals surface area contributed by atoms with E-state index in [9.17, 15) is 4.79 Å². The van der Waals surface area contributed by atoms with Crippen LogP contribution in [0, 0.1) is 13.8 Å². The minimum absolute atomic E-state index is 0.00522. The third-order valence-corrected chi connectivity index (χ3v) is 3.83. The van der Waals surface area contributed by atoms with Gasteiger partial charge in [0.05, 0.1) is 41.6 Å². The number of carbonyl (C=O) groups excluding carboxylic acids is 1. The number of likely N-dealkylation sites (N-methyl/N-ethyl adjacent to an activating group) is 1. The van der Waals surface area contributed by atoms with Crippen molar-refractivity contribution >= 4 is 16.9 Å². The standard InChI is InChI=1S/C17H18N4O2/c1-11-14(12(2)23-20-11)8-17(22)21(3)10-13-9-18-15-6-4-5-7-16(15)19-13/h4-7,9H,8,10H2,1-3H3. The fraction of sp³-hybridized carbons (Fsp3) is 0.294. The Morgan fingerprint density at radius 1 is 1.22 bits per heavy atom. The van der Waals surface area contributed by atoms with Crippen LogP contribution in [0.15, 0.2) is 35.0 Å². The highest BCUT2D eigenvalue weighted by Crippen LogP contribution is 2.15. The Labute approximate surface area is 134 Å². The number of aromatic nitrogens is 3. The molecule has 3 rings (SSSR count). The van der Waals surface area contributed by atoms with E-state index < -0.39 is 0 Å². The summed E-state index contributed by atoms with van der Waals surface area (Å²) < 4.78 is 5.10. The highest BCUT2D eigenvalue weighted by Gasteiger charge is 2.17. The van der Waals surface area contributed by atoms with Gasteiger partial charge in [0.2, 0.25) is 5.91 Å². The molecule has 0 bridgehead atoms. The van der Waals surface area contributed by atoms with Crippen LogP contribution in [-0.4, -0.2) is 33.0 Å². The zero-order valence-electron chi connectivity index (χ0n) is 13.4. The normalized spacial score (nSPS) is 10.9. The van der Waals surface area contributed by atoms with E-state index in [0.29, 0.717) is 12.3 Å². The van der Waals surface area contributed by atoms with Gasteiger partial charge in [-0.2, -0.15) is 0 Å². The smallest absolute Gasteiger partial charge is 0.227 e. The number of benzene rings is 1. The number of hydrogen-bond acceptors (Lipinski definition) is 5. The molecule has 0 saturated heterocycles. The predicted molar refractivity (Wildman–Crippen MR) is 85.7 cm³/mol. The fourth-order valence-corrected chi connectivity index (χ4v) is 2.44. The van der Waals surface area contributed by atoms with Crippen LogP contribution in [-0.2, 0) is 17.8 Å². The van der Waals surface area contributed by atoms with Crippen molar-refractivity contribution in [2.24, 2.45) is 0 Å². The summed E-state index contributed by atoms with van der Waals surface area (Å²) in [7, 11) is 1.76. The lowest BCUT2D eigenvalue weighted by Crippen LogP contribution is -2.28. The van der Waals surface area contributed by atoms with Gasteiger partial charge in [0, 0.05) is 12.6 Å². The topological polar surface area (TPSA) is 72.1 Å². The fourth-order valence-electron chi connectivity index (χ4n) is 2.44. The van der Waals surface area contributed by atoms with Crippen LogP contribution >= 0.6 is 0 Å². The molecule has 1 aromatic carbocycles. The molecule has 0 N–H and O–H groups in total. The number of aryl methyl sites for hydroxylation is 2. The van der Waals surface area contributed by atoms with E-state index in [1.54, 1.807) is 18.1 Å². The van der Waals surface area contributed by atoms with E-state index >= 15 is 0 Å². The summed E-state index contributed by atoms with van der Waals surface area (Å²) in [5.74, 6) is 0.684. The van der Waals surface area contributed by atoms with Gasteiger partial charge in [0.1, 0.15) is 5.76 Å². The maximum atomic E-state index is 12.4. The van der Waals surface area contributed by atoms with Gasteiger partial charge in [-0.3, -0.25) is 9.78 Å². The average molecular weight is 310 g/mol. The van der Waals surface area contributed by atoms with E-state index in [1.807, 2.05) is 38.1 Å². The van der Waals surface area contributed by atoms with Crippen LogP contribution in [0.2, 0.25) is 0 Å². The SMILES string of the molecule is Cc1noc(C)c1CC(=O)N(C)Cc1cnc2ccccc2n1. The molecule has 2 aromatic heterocycles. The van der Waals surface area contributed by atoms with Crippen LogP contribution < -0.4 is 0 Å². The lowest BCUT2D eigenvalue weighted by molar-refractivity contribution is -0.129. The van der Waals surface area contributed by atoms with Gasteiger partial charge in [-0.05, 0) is 26.0 Å². The molecule has 3 aromatic rings. The number of fused-ring (bicyclic) bond motifs is 1. The summed E-state index contributed by atoms with van der Waals surface area (Å²) in [4.78, 5) is 22.9. The van der Waals surface area contributed by atoms with Crippen molar-refractivity contribution in [2.75, 3.05) is 7.05 Å². The number of para-hydroxylation sites is 2. The van der Waals surface area contributed by atoms with Crippen LogP contribution in [0.4, 0.5) is 0 Å². The predicted octanol–water partition coefficient (Wildman–Crippen LogP) is 2.44. The number of rotatable bonds is 4. The van der Waals surface area contributed by atoms with Gasteiger partial charge in [-0.15, -0.1) is 0 Å². The third-order valence-electron chi connectivity index (χ3n) is 3.83. The molecular formula is C17H18N4O2. The molecule has 0 fully saturated rings. The van der Waals surface area contributed by atoms with E-state index in [-0.39, 0.29) is 12.3 Å². The number of carbonyl (C=O) groups is 1. The lowest BCUT2D eigenvalue weighted by Gasteiger charge is -2.16. The van der Waals surface area contributed by atoms with Crippen molar-refractivity contribution < 1.29 is 9.32 Å². The zero-order chi connectivity index (χ0) is 16.4. The van der Waals surface area contributed by atoms with Crippen molar-refractivity contribution in [1.82, 2.24) is 20.0 Å². The van der Waals surface area contributed by atoms with E-state index in [2.05, 4.69) is 15.1 Å². The molecule has 1 amide bonds. The Kier molecular flexibility index (Phi) is 4.06. The minimum atomic E-state index is -0.00522. The quantitative estimate of drug-likeness (QED) is 0.740. The summed E-state index contributed by atoms with van der Waals surface area (Å²) in [5.41, 5.74) is 4.05. The molecule has 6 nitrogen and oxygen atoms in total. The van der Waals surface area contributed by atoms with Gasteiger partial charge < -0.3 is 9.42 Å². The number of hydrogen-bond donors (Lipinski definition) is 0. The summed E-state index contributed by atoms with van der Waals surface area (Å²) in [6.07, 6.45) is 1.99. The molecular weight excluding hydrogens is 292 g/mol. The van der Waals surface area contributed by atoms with Gasteiger partial charge in [-0.1, -0.05) is 17.3 Å². The first-order chi connectivity index (χ1) is 11.0. The summed E-state index contributed by atoms with van der Waals surface area (Å²) in [6.45, 7) is 4.07. The Morgan fingerprint density at radius 3 is 2.65 bits per heavy atom. The second-order valence-corrected chi connectivity index (χ2v) is 5.58. The largest absolute Gasteiger partial charge is 0.361 e. The first kappa shape index (κ1) is 15.1. The summed E-state index contributed by atoms with van der Waals surface area (Å²) in [6, 6.07) is 7.68. The first-order valence-electron chi connectivity index (χ1n) is 7.41. The van der Waals surface area contributed by atoms with Crippen molar-refractivity contribution in [2.45, 2.75) is 26.8 Å². The van der Waals surface area contributed by atoms with Crippen LogP contribution in [0.5, 0.6) is 0 Å². The molecule has 0 aliphatic heterocycles. The molecule has 2 heterocycles. The summed E-state index contributed by atoms with van der Waals surface area (Å²) in [5, 5.41) is 3.88. The summed E-state index contributed by atoms with van der Waals surface area (Å²) >= 11 is 0. The maximum absolute atomic E-state index is 12.4. The third kappa shape index (κ3) is 3.21. The molecule has 6 heteroatoms. The second kappa shape index (κ2) is 6.16. The lowest BCUT2D eigenvalue weighted by atomic mass is 10.1. The average Bonchev–Trinajstić information content (AvgIpc) is 2.86. The number of nitrogens with zero attached hydrogens (tertiary/aromatic N) is 4. The van der Waals surface area contributed by atoms with Crippen molar-refractivity contribution in [3.63, 3.8) is 0 Å². The highest BCUT2D eigenvalue weighted by molar-refractivity contribution is 5.79. The van der Waals surface area contributed by atoms with Crippen LogP contribution in [0.25, 0.3) is 11.0 Å². The molecule has 23 heavy (non-hydrogen) atoms. The molecule has 0 aliphatic rings. The Hall–Kier alpha value is -2.76. The zero-order valence-corrected chi connectivity index (χ0v) is 13.4. The van der Waals surface area contributed by atoms with Crippen molar-refractivity contribution in [3.8, 4) is 0 Å². The van der Waals surface area contributed by atoms with Crippen molar-refractivity contribution in [3.05, 3.63) is 53.2 Å². The second-order valence-electron chi connectivity index (χ2n) is 5.58. The first-order valence-corrected chi connectivity index (χ1v) is 7.41. The molecule has 0 unspecified atom stereocenters. The molecule has 0 spiro atoms. The molecule has 0 saturated carbocycles. The molecule has 118 valence electrons. The highest BCUT2D eigenvalue weighted by atomic mass is 16.5. The Bertz CT molecular complexity index is 837. The molecule has 0 radical (unpaired) electrons. The van der Waals surface area contributed by atoms with Gasteiger partial charge in [0.25, 0.3) is 0 Å². The van der Waals surface area contributed by atoms with E-state index in [0.717, 1.165) is 28.0 Å². The Balaban J connectivity index is 1.72. The van der Waals surface area contributed by atoms with E-state index in [4.69, 9.17) is 4.52 Å². The van der Waals surface area contributed by atoms with Crippen LogP contribution in [0.1, 0.15) is 22.7 Å². The van der Waals surface area contributed by atoms with Crippen LogP contribution in [0.3, 0.4) is 0 Å². The maximum Gasteiger partial charge on any atom is 0.227 e.